The van der Waals surface area contributed by atoms with Crippen molar-refractivity contribution in [3.8, 4) is 0 Å². The minimum atomic E-state index is -0.00494. The van der Waals surface area contributed by atoms with Crippen LogP contribution in [0.4, 0.5) is 11.1 Å². The number of aromatic nitrogens is 3. The Hall–Kier alpha value is -2.02. The standard InChI is InChI=1S/C12H15N5OS/c1-2-4-13-10(18)7-9-8-19-12(16-9)17-11-14-5-3-6-15-11/h3,5-6,8H,2,4,7H2,1H3,(H,13,18)(H,14,15,16,17). The second kappa shape index (κ2) is 6.79. The molecule has 7 heteroatoms. The van der Waals surface area contributed by atoms with Crippen molar-refractivity contribution in [2.75, 3.05) is 11.9 Å². The number of nitrogens with one attached hydrogen (secondary N) is 2. The van der Waals surface area contributed by atoms with Gasteiger partial charge in [0.2, 0.25) is 11.9 Å². The quantitative estimate of drug-likeness (QED) is 0.840. The van der Waals surface area contributed by atoms with E-state index in [2.05, 4.69) is 25.6 Å². The smallest absolute Gasteiger partial charge is 0.228 e. The lowest BCUT2D eigenvalue weighted by molar-refractivity contribution is -0.120. The van der Waals surface area contributed by atoms with Gasteiger partial charge in [0, 0.05) is 24.3 Å². The summed E-state index contributed by atoms with van der Waals surface area (Å²) in [7, 11) is 0. The van der Waals surface area contributed by atoms with Crippen molar-refractivity contribution in [2.45, 2.75) is 19.8 Å². The maximum Gasteiger partial charge on any atom is 0.228 e. The molecule has 0 aliphatic rings. The zero-order valence-corrected chi connectivity index (χ0v) is 11.4. The van der Waals surface area contributed by atoms with Crippen LogP contribution in [0.5, 0.6) is 0 Å². The van der Waals surface area contributed by atoms with Crippen LogP contribution in [0.1, 0.15) is 19.0 Å². The summed E-state index contributed by atoms with van der Waals surface area (Å²) in [6.07, 6.45) is 4.54. The number of hydrogen-bond donors (Lipinski definition) is 2. The highest BCUT2D eigenvalue weighted by Crippen LogP contribution is 2.18. The van der Waals surface area contributed by atoms with Crippen LogP contribution >= 0.6 is 11.3 Å². The van der Waals surface area contributed by atoms with Gasteiger partial charge in [-0.3, -0.25) is 4.79 Å². The van der Waals surface area contributed by atoms with E-state index in [0.717, 1.165) is 12.1 Å². The largest absolute Gasteiger partial charge is 0.356 e. The molecule has 0 radical (unpaired) electrons. The minimum absolute atomic E-state index is 0.00494. The Labute approximate surface area is 115 Å². The summed E-state index contributed by atoms with van der Waals surface area (Å²) >= 11 is 1.43. The Kier molecular flexibility index (Phi) is 4.79. The van der Waals surface area contributed by atoms with Gasteiger partial charge >= 0.3 is 0 Å². The van der Waals surface area contributed by atoms with E-state index in [4.69, 9.17) is 0 Å². The van der Waals surface area contributed by atoms with Gasteiger partial charge in [-0.05, 0) is 12.5 Å². The van der Waals surface area contributed by atoms with Crippen LogP contribution in [-0.2, 0) is 11.2 Å². The van der Waals surface area contributed by atoms with E-state index >= 15 is 0 Å². The molecule has 0 unspecified atom stereocenters. The maximum atomic E-state index is 11.5. The van der Waals surface area contributed by atoms with Crippen LogP contribution < -0.4 is 10.6 Å². The molecule has 0 saturated carbocycles. The number of thiazole rings is 1. The van der Waals surface area contributed by atoms with E-state index in [0.29, 0.717) is 24.0 Å². The van der Waals surface area contributed by atoms with Gasteiger partial charge in [0.05, 0.1) is 12.1 Å². The van der Waals surface area contributed by atoms with Gasteiger partial charge in [0.15, 0.2) is 5.13 Å². The Bertz CT molecular complexity index is 528. The number of hydrogen-bond acceptors (Lipinski definition) is 6. The fourth-order valence-corrected chi connectivity index (χ4v) is 2.10. The SMILES string of the molecule is CCCNC(=O)Cc1csc(Nc2ncccn2)n1. The monoisotopic (exact) mass is 277 g/mol. The average molecular weight is 277 g/mol. The lowest BCUT2D eigenvalue weighted by Gasteiger charge is -2.01. The lowest BCUT2D eigenvalue weighted by Crippen LogP contribution is -2.25. The van der Waals surface area contributed by atoms with Gasteiger partial charge in [0.1, 0.15) is 0 Å². The number of rotatable bonds is 6. The molecule has 0 fully saturated rings. The molecule has 0 atom stereocenters. The molecule has 2 aromatic rings. The Morgan fingerprint density at radius 2 is 2.16 bits per heavy atom. The Balaban J connectivity index is 1.90. The van der Waals surface area contributed by atoms with Crippen LogP contribution in [0.2, 0.25) is 0 Å². The van der Waals surface area contributed by atoms with Gasteiger partial charge < -0.3 is 10.6 Å². The molecule has 0 aliphatic heterocycles. The topological polar surface area (TPSA) is 79.8 Å². The summed E-state index contributed by atoms with van der Waals surface area (Å²) in [6.45, 7) is 2.72. The molecule has 0 aliphatic carbocycles. The van der Waals surface area contributed by atoms with Crippen molar-refractivity contribution in [3.05, 3.63) is 29.5 Å². The van der Waals surface area contributed by atoms with Crippen LogP contribution in [0, 0.1) is 0 Å². The predicted molar refractivity (Wildman–Crippen MR) is 74.4 cm³/mol. The zero-order chi connectivity index (χ0) is 13.5. The maximum absolute atomic E-state index is 11.5. The second-order valence-electron chi connectivity index (χ2n) is 3.87. The van der Waals surface area contributed by atoms with Crippen molar-refractivity contribution in [3.63, 3.8) is 0 Å². The number of amides is 1. The molecule has 100 valence electrons. The van der Waals surface area contributed by atoms with Crippen molar-refractivity contribution >= 4 is 28.3 Å². The van der Waals surface area contributed by atoms with Crippen molar-refractivity contribution < 1.29 is 4.79 Å². The number of carbonyl (C=O) groups excluding carboxylic acids is 1. The van der Waals surface area contributed by atoms with E-state index in [1.54, 1.807) is 18.5 Å². The molecule has 2 heterocycles. The van der Waals surface area contributed by atoms with Crippen LogP contribution in [0.15, 0.2) is 23.8 Å². The van der Waals surface area contributed by atoms with Gasteiger partial charge in [-0.15, -0.1) is 11.3 Å². The second-order valence-corrected chi connectivity index (χ2v) is 4.73. The highest BCUT2D eigenvalue weighted by molar-refractivity contribution is 7.13. The van der Waals surface area contributed by atoms with E-state index < -0.39 is 0 Å². The zero-order valence-electron chi connectivity index (χ0n) is 10.6. The molecule has 0 aromatic carbocycles. The lowest BCUT2D eigenvalue weighted by atomic mass is 10.3. The van der Waals surface area contributed by atoms with Crippen LogP contribution in [-0.4, -0.2) is 27.4 Å². The normalized spacial score (nSPS) is 10.2. The highest BCUT2D eigenvalue weighted by Gasteiger charge is 2.07. The third kappa shape index (κ3) is 4.29. The molecule has 1 amide bonds. The molecule has 2 rings (SSSR count). The van der Waals surface area contributed by atoms with Crippen LogP contribution in [0.3, 0.4) is 0 Å². The molecule has 0 bridgehead atoms. The first-order chi connectivity index (χ1) is 9.28. The molecule has 6 nitrogen and oxygen atoms in total. The van der Waals surface area contributed by atoms with Crippen molar-refractivity contribution in [2.24, 2.45) is 0 Å². The Morgan fingerprint density at radius 3 is 2.89 bits per heavy atom. The van der Waals surface area contributed by atoms with Crippen molar-refractivity contribution in [1.29, 1.82) is 0 Å². The van der Waals surface area contributed by atoms with Gasteiger partial charge in [-0.25, -0.2) is 15.0 Å². The van der Waals surface area contributed by atoms with Gasteiger partial charge in [-0.1, -0.05) is 6.92 Å². The summed E-state index contributed by atoms with van der Waals surface area (Å²) in [5.41, 5.74) is 0.747. The summed E-state index contributed by atoms with van der Waals surface area (Å²) in [4.78, 5) is 24.0. The summed E-state index contributed by atoms with van der Waals surface area (Å²) < 4.78 is 0. The number of carbonyl (C=O) groups is 1. The number of nitrogens with zero attached hydrogens (tertiary/aromatic N) is 3. The Morgan fingerprint density at radius 1 is 1.37 bits per heavy atom. The van der Waals surface area contributed by atoms with E-state index in [1.165, 1.54) is 11.3 Å². The third-order valence-corrected chi connectivity index (χ3v) is 3.06. The van der Waals surface area contributed by atoms with E-state index in [-0.39, 0.29) is 5.91 Å². The fraction of sp³-hybridized carbons (Fsp3) is 0.333. The molecule has 0 saturated heterocycles. The third-order valence-electron chi connectivity index (χ3n) is 2.25. The number of anilines is 2. The molecule has 0 spiro atoms. The first kappa shape index (κ1) is 13.4. The molecule has 19 heavy (non-hydrogen) atoms. The van der Waals surface area contributed by atoms with E-state index in [1.807, 2.05) is 12.3 Å². The van der Waals surface area contributed by atoms with Gasteiger partial charge in [0.25, 0.3) is 0 Å². The minimum Gasteiger partial charge on any atom is -0.356 e. The molecule has 2 aromatic heterocycles. The highest BCUT2D eigenvalue weighted by atomic mass is 32.1. The fourth-order valence-electron chi connectivity index (χ4n) is 1.40. The molecular formula is C12H15N5OS. The van der Waals surface area contributed by atoms with E-state index in [9.17, 15) is 4.79 Å². The molecular weight excluding hydrogens is 262 g/mol. The first-order valence-electron chi connectivity index (χ1n) is 6.03. The van der Waals surface area contributed by atoms with Crippen molar-refractivity contribution in [1.82, 2.24) is 20.3 Å². The summed E-state index contributed by atoms with van der Waals surface area (Å²) in [5, 5.41) is 8.36. The first-order valence-corrected chi connectivity index (χ1v) is 6.91. The average Bonchev–Trinajstić information content (AvgIpc) is 2.85. The predicted octanol–water partition coefficient (Wildman–Crippen LogP) is 1.75. The summed E-state index contributed by atoms with van der Waals surface area (Å²) in [5.74, 6) is 0.494. The molecule has 2 N–H and O–H groups in total. The van der Waals surface area contributed by atoms with Gasteiger partial charge in [-0.2, -0.15) is 0 Å². The van der Waals surface area contributed by atoms with Crippen LogP contribution in [0.25, 0.3) is 0 Å². The summed E-state index contributed by atoms with van der Waals surface area (Å²) in [6, 6.07) is 1.75.